The number of para-hydroxylation sites is 3. The van der Waals surface area contributed by atoms with Crippen molar-refractivity contribution in [3.8, 4) is 22.6 Å². The summed E-state index contributed by atoms with van der Waals surface area (Å²) in [5, 5.41) is 7.81. The van der Waals surface area contributed by atoms with Gasteiger partial charge in [0, 0.05) is 41.1 Å². The number of likely N-dealkylation sites (N-methyl/N-ethyl adjacent to an activating group) is 1. The first-order valence-corrected chi connectivity index (χ1v) is 13.5. The molecule has 0 unspecified atom stereocenters. The van der Waals surface area contributed by atoms with Crippen molar-refractivity contribution in [2.75, 3.05) is 44.0 Å². The molecule has 2 heterocycles. The van der Waals surface area contributed by atoms with Gasteiger partial charge in [0.25, 0.3) is 0 Å². The fourth-order valence-electron chi connectivity index (χ4n) is 4.44. The maximum atomic E-state index is 5.92. The summed E-state index contributed by atoms with van der Waals surface area (Å²) in [4.78, 5) is 16.5. The van der Waals surface area contributed by atoms with E-state index in [0.717, 1.165) is 64.5 Å². The van der Waals surface area contributed by atoms with Gasteiger partial charge >= 0.3 is 0 Å². The summed E-state index contributed by atoms with van der Waals surface area (Å²) >= 11 is 0. The first kappa shape index (κ1) is 26.9. The highest BCUT2D eigenvalue weighted by molar-refractivity contribution is 5.87. The molecule has 5 rings (SSSR count). The summed E-state index contributed by atoms with van der Waals surface area (Å²) in [7, 11) is 1.65. The minimum atomic E-state index is 0.463. The lowest BCUT2D eigenvalue weighted by atomic mass is 10.1. The number of aromatic nitrogens is 3. The highest BCUT2D eigenvalue weighted by Crippen LogP contribution is 2.34. The Morgan fingerprint density at radius 1 is 0.825 bits per heavy atom. The van der Waals surface area contributed by atoms with E-state index >= 15 is 0 Å². The molecule has 0 aliphatic carbocycles. The predicted molar refractivity (Wildman–Crippen MR) is 162 cm³/mol. The fourth-order valence-corrected chi connectivity index (χ4v) is 4.44. The van der Waals surface area contributed by atoms with E-state index in [1.54, 1.807) is 7.11 Å². The van der Waals surface area contributed by atoms with Crippen LogP contribution in [0.4, 0.5) is 23.1 Å². The van der Waals surface area contributed by atoms with Crippen LogP contribution in [0.3, 0.4) is 0 Å². The zero-order valence-corrected chi connectivity index (χ0v) is 23.1. The SMILES string of the molecule is CCN(CC)CCOc1ccc(Nc2ncc(-c3cnc4ccccc4c3)c(Nc3ccccc3OC)n2)cc1. The molecule has 0 bridgehead atoms. The van der Waals surface area contributed by atoms with Gasteiger partial charge in [-0.3, -0.25) is 4.98 Å². The molecule has 8 heteroatoms. The molecular weight excluding hydrogens is 500 g/mol. The summed E-state index contributed by atoms with van der Waals surface area (Å²) < 4.78 is 11.5. The van der Waals surface area contributed by atoms with E-state index in [1.165, 1.54) is 0 Å². The third-order valence-corrected chi connectivity index (χ3v) is 6.73. The molecule has 3 aromatic carbocycles. The summed E-state index contributed by atoms with van der Waals surface area (Å²) in [6.45, 7) is 7.92. The van der Waals surface area contributed by atoms with Crippen LogP contribution in [0.25, 0.3) is 22.0 Å². The molecule has 0 aliphatic rings. The maximum absolute atomic E-state index is 5.92. The van der Waals surface area contributed by atoms with E-state index in [0.29, 0.717) is 18.4 Å². The van der Waals surface area contributed by atoms with Gasteiger partial charge in [0.05, 0.1) is 18.3 Å². The molecule has 0 amide bonds. The Hall–Kier alpha value is -4.69. The molecule has 2 N–H and O–H groups in total. The summed E-state index contributed by atoms with van der Waals surface area (Å²) in [5.41, 5.74) is 4.33. The van der Waals surface area contributed by atoms with Gasteiger partial charge in [-0.25, -0.2) is 4.98 Å². The van der Waals surface area contributed by atoms with Crippen LogP contribution in [0.2, 0.25) is 0 Å². The van der Waals surface area contributed by atoms with Crippen LogP contribution < -0.4 is 20.1 Å². The van der Waals surface area contributed by atoms with E-state index in [1.807, 2.05) is 85.2 Å². The van der Waals surface area contributed by atoms with E-state index in [4.69, 9.17) is 14.5 Å². The average Bonchev–Trinajstić information content (AvgIpc) is 3.00. The minimum Gasteiger partial charge on any atom is -0.495 e. The average molecular weight is 535 g/mol. The lowest BCUT2D eigenvalue weighted by molar-refractivity contribution is 0.223. The first-order valence-electron chi connectivity index (χ1n) is 13.5. The monoisotopic (exact) mass is 534 g/mol. The third kappa shape index (κ3) is 6.47. The molecular formula is C32H34N6O2. The number of methoxy groups -OCH3 is 1. The van der Waals surface area contributed by atoms with Crippen molar-refractivity contribution in [1.29, 1.82) is 0 Å². The lowest BCUT2D eigenvalue weighted by Crippen LogP contribution is -2.27. The number of nitrogens with one attached hydrogen (secondary N) is 2. The molecule has 0 aliphatic heterocycles. The Balaban J connectivity index is 1.40. The van der Waals surface area contributed by atoms with Crippen molar-refractivity contribution in [3.63, 3.8) is 0 Å². The first-order chi connectivity index (χ1) is 19.7. The molecule has 0 atom stereocenters. The number of hydrogen-bond donors (Lipinski definition) is 2. The minimum absolute atomic E-state index is 0.463. The van der Waals surface area contributed by atoms with E-state index in [9.17, 15) is 0 Å². The molecule has 2 aromatic heterocycles. The molecule has 5 aromatic rings. The number of anilines is 4. The number of pyridine rings is 1. The number of benzene rings is 3. The second kappa shape index (κ2) is 12.9. The molecule has 0 fully saturated rings. The number of ether oxygens (including phenoxy) is 2. The zero-order chi connectivity index (χ0) is 27.7. The van der Waals surface area contributed by atoms with Gasteiger partial charge in [0.15, 0.2) is 0 Å². The number of nitrogens with zero attached hydrogens (tertiary/aromatic N) is 4. The standard InChI is InChI=1S/C32H34N6O2/c1-4-38(5-2)18-19-40-26-16-14-25(15-17-26)35-32-34-22-27(24-20-23-10-6-7-11-28(23)33-21-24)31(37-32)36-29-12-8-9-13-30(29)39-3/h6-17,20-22H,4-5,18-19H2,1-3H3,(H2,34,35,36,37). The van der Waals surface area contributed by atoms with E-state index in [-0.39, 0.29) is 0 Å². The Morgan fingerprint density at radius 3 is 2.40 bits per heavy atom. The van der Waals surface area contributed by atoms with Crippen molar-refractivity contribution in [3.05, 3.63) is 91.3 Å². The normalized spacial score (nSPS) is 11.0. The van der Waals surface area contributed by atoms with Gasteiger partial charge < -0.3 is 25.0 Å². The number of rotatable bonds is 12. The van der Waals surface area contributed by atoms with Crippen molar-refractivity contribution >= 4 is 34.0 Å². The van der Waals surface area contributed by atoms with Crippen LogP contribution in [0.15, 0.2) is 91.3 Å². The van der Waals surface area contributed by atoms with Crippen LogP contribution in [0.5, 0.6) is 11.5 Å². The molecule has 0 radical (unpaired) electrons. The second-order valence-corrected chi connectivity index (χ2v) is 9.22. The maximum Gasteiger partial charge on any atom is 0.229 e. The predicted octanol–water partition coefficient (Wildman–Crippen LogP) is 6.91. The van der Waals surface area contributed by atoms with Gasteiger partial charge in [0.2, 0.25) is 5.95 Å². The van der Waals surface area contributed by atoms with Gasteiger partial charge in [0.1, 0.15) is 23.9 Å². The largest absolute Gasteiger partial charge is 0.495 e. The molecule has 0 saturated heterocycles. The molecule has 0 spiro atoms. The molecule has 40 heavy (non-hydrogen) atoms. The molecule has 8 nitrogen and oxygen atoms in total. The fraction of sp³-hybridized carbons (Fsp3) is 0.219. The summed E-state index contributed by atoms with van der Waals surface area (Å²) in [6, 6.07) is 25.7. The summed E-state index contributed by atoms with van der Waals surface area (Å²) in [6.07, 6.45) is 3.66. The van der Waals surface area contributed by atoms with Crippen molar-refractivity contribution in [2.45, 2.75) is 13.8 Å². The van der Waals surface area contributed by atoms with Crippen LogP contribution in [0, 0.1) is 0 Å². The van der Waals surface area contributed by atoms with Gasteiger partial charge in [-0.05, 0) is 61.6 Å². The third-order valence-electron chi connectivity index (χ3n) is 6.73. The van der Waals surface area contributed by atoms with E-state index in [2.05, 4.69) is 45.4 Å². The van der Waals surface area contributed by atoms with Gasteiger partial charge in [-0.15, -0.1) is 0 Å². The van der Waals surface area contributed by atoms with Crippen LogP contribution in [-0.2, 0) is 0 Å². The Bertz CT molecular complexity index is 1550. The Morgan fingerprint density at radius 2 is 1.60 bits per heavy atom. The van der Waals surface area contributed by atoms with Crippen LogP contribution >= 0.6 is 0 Å². The topological polar surface area (TPSA) is 84.4 Å². The highest BCUT2D eigenvalue weighted by atomic mass is 16.5. The Labute approximate surface area is 235 Å². The van der Waals surface area contributed by atoms with Crippen LogP contribution in [-0.4, -0.2) is 53.2 Å². The zero-order valence-electron chi connectivity index (χ0n) is 23.1. The van der Waals surface area contributed by atoms with Crippen molar-refractivity contribution < 1.29 is 9.47 Å². The van der Waals surface area contributed by atoms with Crippen molar-refractivity contribution in [2.24, 2.45) is 0 Å². The van der Waals surface area contributed by atoms with Crippen LogP contribution in [0.1, 0.15) is 13.8 Å². The highest BCUT2D eigenvalue weighted by Gasteiger charge is 2.14. The lowest BCUT2D eigenvalue weighted by Gasteiger charge is -2.18. The van der Waals surface area contributed by atoms with Gasteiger partial charge in [-0.2, -0.15) is 4.98 Å². The van der Waals surface area contributed by atoms with Gasteiger partial charge in [-0.1, -0.05) is 44.2 Å². The molecule has 0 saturated carbocycles. The number of fused-ring (bicyclic) bond motifs is 1. The van der Waals surface area contributed by atoms with Crippen molar-refractivity contribution in [1.82, 2.24) is 19.9 Å². The quantitative estimate of drug-likeness (QED) is 0.179. The van der Waals surface area contributed by atoms with E-state index < -0.39 is 0 Å². The Kier molecular flexibility index (Phi) is 8.68. The summed E-state index contributed by atoms with van der Waals surface area (Å²) in [5.74, 6) is 2.65. The number of hydrogen-bond acceptors (Lipinski definition) is 8. The molecule has 204 valence electrons. The smallest absolute Gasteiger partial charge is 0.229 e. The second-order valence-electron chi connectivity index (χ2n) is 9.22.